The normalized spacial score (nSPS) is 10.8. The summed E-state index contributed by atoms with van der Waals surface area (Å²) in [4.78, 5) is 8.93. The molecule has 0 amide bonds. The topological polar surface area (TPSA) is 37.8 Å². The molecule has 0 atom stereocenters. The molecule has 0 bridgehead atoms. The summed E-state index contributed by atoms with van der Waals surface area (Å²) >= 11 is 0. The molecule has 1 aromatic heterocycles. The Balaban J connectivity index is 2.32. The van der Waals surface area contributed by atoms with Crippen LogP contribution in [-0.4, -0.2) is 17.0 Å². The molecule has 4 heteroatoms. The average Bonchev–Trinajstić information content (AvgIpc) is 2.47. The van der Waals surface area contributed by atoms with Gasteiger partial charge in [-0.15, -0.1) is 0 Å². The van der Waals surface area contributed by atoms with E-state index in [1.807, 2.05) is 25.1 Å². The van der Waals surface area contributed by atoms with Crippen molar-refractivity contribution in [1.29, 1.82) is 0 Å². The van der Waals surface area contributed by atoms with Gasteiger partial charge in [0.25, 0.3) is 0 Å². The van der Waals surface area contributed by atoms with Crippen LogP contribution in [0, 0.1) is 12.7 Å². The maximum Gasteiger partial charge on any atom is 0.165 e. The van der Waals surface area contributed by atoms with Crippen LogP contribution in [0.15, 0.2) is 42.5 Å². The highest BCUT2D eigenvalue weighted by atomic mass is 19.1. The number of hydrogen-bond acceptors (Lipinski definition) is 3. The van der Waals surface area contributed by atoms with Crippen LogP contribution in [0.3, 0.4) is 0 Å². The zero-order chi connectivity index (χ0) is 14.1. The van der Waals surface area contributed by atoms with Crippen LogP contribution in [-0.2, 0) is 0 Å². The Morgan fingerprint density at radius 3 is 2.55 bits per heavy atom. The molecule has 0 saturated heterocycles. The van der Waals surface area contributed by atoms with Crippen LogP contribution in [0.5, 0.6) is 0 Å². The molecule has 0 radical (unpaired) electrons. The van der Waals surface area contributed by atoms with E-state index in [2.05, 4.69) is 15.3 Å². The third-order valence-corrected chi connectivity index (χ3v) is 3.28. The van der Waals surface area contributed by atoms with Crippen LogP contribution >= 0.6 is 0 Å². The summed E-state index contributed by atoms with van der Waals surface area (Å²) in [5.41, 5.74) is 2.31. The Morgan fingerprint density at radius 1 is 1.00 bits per heavy atom. The number of hydrogen-bond donors (Lipinski definition) is 1. The van der Waals surface area contributed by atoms with E-state index in [9.17, 15) is 4.39 Å². The van der Waals surface area contributed by atoms with Crippen LogP contribution in [0.2, 0.25) is 0 Å². The van der Waals surface area contributed by atoms with Gasteiger partial charge in [0.2, 0.25) is 0 Å². The standard InChI is InChI=1S/C16H14FN3/c1-10-6-5-9-13-14(10)16(18-2)20-15(19-13)11-7-3-4-8-12(11)17/h3-9H,1-2H3,(H,18,19,20). The third kappa shape index (κ3) is 1.99. The third-order valence-electron chi connectivity index (χ3n) is 3.28. The van der Waals surface area contributed by atoms with Crippen molar-refractivity contribution in [2.75, 3.05) is 12.4 Å². The number of fused-ring (bicyclic) bond motifs is 1. The van der Waals surface area contributed by atoms with Crippen LogP contribution in [0.25, 0.3) is 22.3 Å². The number of benzene rings is 2. The monoisotopic (exact) mass is 267 g/mol. The van der Waals surface area contributed by atoms with Crippen molar-refractivity contribution in [2.45, 2.75) is 6.92 Å². The predicted octanol–water partition coefficient (Wildman–Crippen LogP) is 3.79. The van der Waals surface area contributed by atoms with Crippen molar-refractivity contribution >= 4 is 16.7 Å². The lowest BCUT2D eigenvalue weighted by atomic mass is 10.1. The summed E-state index contributed by atoms with van der Waals surface area (Å²) in [5.74, 6) is 0.790. The maximum atomic E-state index is 13.9. The minimum atomic E-state index is -0.318. The summed E-state index contributed by atoms with van der Waals surface area (Å²) in [5, 5.41) is 4.03. The number of nitrogens with one attached hydrogen (secondary N) is 1. The highest BCUT2D eigenvalue weighted by Crippen LogP contribution is 2.28. The number of nitrogens with zero attached hydrogens (tertiary/aromatic N) is 2. The Morgan fingerprint density at radius 2 is 1.80 bits per heavy atom. The van der Waals surface area contributed by atoms with E-state index in [1.165, 1.54) is 6.07 Å². The molecule has 0 unspecified atom stereocenters. The van der Waals surface area contributed by atoms with Gasteiger partial charge < -0.3 is 5.32 Å². The van der Waals surface area contributed by atoms with Gasteiger partial charge >= 0.3 is 0 Å². The molecule has 0 saturated carbocycles. The van der Waals surface area contributed by atoms with Gasteiger partial charge in [0.05, 0.1) is 11.1 Å². The molecule has 3 nitrogen and oxygen atoms in total. The van der Waals surface area contributed by atoms with E-state index < -0.39 is 0 Å². The summed E-state index contributed by atoms with van der Waals surface area (Å²) in [6.07, 6.45) is 0. The van der Waals surface area contributed by atoms with E-state index in [0.29, 0.717) is 17.2 Å². The fourth-order valence-electron chi connectivity index (χ4n) is 2.30. The fourth-order valence-corrected chi connectivity index (χ4v) is 2.30. The van der Waals surface area contributed by atoms with Crippen molar-refractivity contribution in [3.05, 3.63) is 53.8 Å². The summed E-state index contributed by atoms with van der Waals surface area (Å²) in [6.45, 7) is 2.01. The van der Waals surface area contributed by atoms with E-state index >= 15 is 0 Å². The molecule has 0 fully saturated rings. The van der Waals surface area contributed by atoms with Gasteiger partial charge in [0, 0.05) is 12.4 Å². The van der Waals surface area contributed by atoms with E-state index in [-0.39, 0.29) is 5.82 Å². The van der Waals surface area contributed by atoms with Crippen molar-refractivity contribution in [1.82, 2.24) is 9.97 Å². The van der Waals surface area contributed by atoms with Crippen molar-refractivity contribution in [2.24, 2.45) is 0 Å². The second kappa shape index (κ2) is 4.89. The molecule has 2 aromatic carbocycles. The molecule has 0 aliphatic carbocycles. The zero-order valence-corrected chi connectivity index (χ0v) is 11.3. The molecule has 0 aliphatic heterocycles. The Bertz CT molecular complexity index is 784. The van der Waals surface area contributed by atoms with Gasteiger partial charge in [0.15, 0.2) is 5.82 Å². The fraction of sp³-hybridized carbons (Fsp3) is 0.125. The molecule has 1 N–H and O–H groups in total. The molecule has 3 rings (SSSR count). The molecule has 3 aromatic rings. The number of anilines is 1. The SMILES string of the molecule is CNc1nc(-c2ccccc2F)nc2cccc(C)c12. The zero-order valence-electron chi connectivity index (χ0n) is 11.3. The maximum absolute atomic E-state index is 13.9. The first-order valence-corrected chi connectivity index (χ1v) is 6.40. The van der Waals surface area contributed by atoms with Gasteiger partial charge in [-0.2, -0.15) is 0 Å². The summed E-state index contributed by atoms with van der Waals surface area (Å²) in [7, 11) is 1.80. The lowest BCUT2D eigenvalue weighted by Gasteiger charge is -2.10. The Labute approximate surface area is 116 Å². The van der Waals surface area contributed by atoms with Gasteiger partial charge in [-0.3, -0.25) is 0 Å². The molecular weight excluding hydrogens is 253 g/mol. The smallest absolute Gasteiger partial charge is 0.165 e. The molecule has 1 heterocycles. The van der Waals surface area contributed by atoms with Gasteiger partial charge in [-0.05, 0) is 30.7 Å². The highest BCUT2D eigenvalue weighted by Gasteiger charge is 2.12. The Kier molecular flexibility index (Phi) is 3.06. The Hall–Kier alpha value is -2.49. The minimum absolute atomic E-state index is 0.318. The van der Waals surface area contributed by atoms with Gasteiger partial charge in [-0.1, -0.05) is 24.3 Å². The quantitative estimate of drug-likeness (QED) is 0.767. The van der Waals surface area contributed by atoms with Crippen LogP contribution in [0.1, 0.15) is 5.56 Å². The molecule has 20 heavy (non-hydrogen) atoms. The number of aryl methyl sites for hydroxylation is 1. The molecule has 100 valence electrons. The van der Waals surface area contributed by atoms with Gasteiger partial charge in [0.1, 0.15) is 11.6 Å². The first-order valence-electron chi connectivity index (χ1n) is 6.40. The van der Waals surface area contributed by atoms with Gasteiger partial charge in [-0.25, -0.2) is 14.4 Å². The van der Waals surface area contributed by atoms with Crippen molar-refractivity contribution in [3.8, 4) is 11.4 Å². The first kappa shape index (κ1) is 12.5. The van der Waals surface area contributed by atoms with E-state index in [4.69, 9.17) is 0 Å². The lowest BCUT2D eigenvalue weighted by Crippen LogP contribution is -2.00. The van der Waals surface area contributed by atoms with E-state index in [0.717, 1.165) is 16.5 Å². The molecule has 0 aliphatic rings. The van der Waals surface area contributed by atoms with Crippen molar-refractivity contribution < 1.29 is 4.39 Å². The molecule has 0 spiro atoms. The second-order valence-electron chi connectivity index (χ2n) is 4.59. The largest absolute Gasteiger partial charge is 0.373 e. The minimum Gasteiger partial charge on any atom is -0.373 e. The van der Waals surface area contributed by atoms with Crippen LogP contribution < -0.4 is 5.32 Å². The average molecular weight is 267 g/mol. The van der Waals surface area contributed by atoms with Crippen LogP contribution in [0.4, 0.5) is 10.2 Å². The van der Waals surface area contributed by atoms with Crippen molar-refractivity contribution in [3.63, 3.8) is 0 Å². The predicted molar refractivity (Wildman–Crippen MR) is 79.2 cm³/mol. The number of aromatic nitrogens is 2. The number of halogens is 1. The number of rotatable bonds is 2. The lowest BCUT2D eigenvalue weighted by molar-refractivity contribution is 0.630. The molecular formula is C16H14FN3. The summed E-state index contributed by atoms with van der Waals surface area (Å²) in [6, 6.07) is 12.4. The first-order chi connectivity index (χ1) is 9.70. The van der Waals surface area contributed by atoms with E-state index in [1.54, 1.807) is 25.2 Å². The summed E-state index contributed by atoms with van der Waals surface area (Å²) < 4.78 is 13.9. The second-order valence-corrected chi connectivity index (χ2v) is 4.59. The highest BCUT2D eigenvalue weighted by molar-refractivity contribution is 5.93.